The van der Waals surface area contributed by atoms with Crippen LogP contribution < -0.4 is 14.8 Å². The topological polar surface area (TPSA) is 67.4 Å². The minimum Gasteiger partial charge on any atom is -0.497 e. The molecule has 0 spiro atoms. The monoisotopic (exact) mass is 460 g/mol. The molecule has 5 nitrogen and oxygen atoms in total. The van der Waals surface area contributed by atoms with Gasteiger partial charge in [-0.1, -0.05) is 42.0 Å². The molecule has 0 amide bonds. The molecule has 0 aromatic heterocycles. The van der Waals surface area contributed by atoms with Crippen LogP contribution >= 0.6 is 0 Å². The second-order valence-electron chi connectivity index (χ2n) is 8.93. The van der Waals surface area contributed by atoms with Gasteiger partial charge in [-0.2, -0.15) is 0 Å². The molecule has 170 valence electrons. The number of allylic oxidation sites excluding steroid dienone is 2. The Kier molecular flexibility index (Phi) is 5.41. The van der Waals surface area contributed by atoms with E-state index in [1.807, 2.05) is 56.3 Å². The van der Waals surface area contributed by atoms with E-state index >= 15 is 0 Å². The molecule has 1 aliphatic heterocycles. The van der Waals surface area contributed by atoms with E-state index in [4.69, 9.17) is 4.74 Å². The number of sulfonamides is 1. The summed E-state index contributed by atoms with van der Waals surface area (Å²) in [6.07, 6.45) is 5.36. The van der Waals surface area contributed by atoms with Crippen LogP contribution in [-0.2, 0) is 10.0 Å². The van der Waals surface area contributed by atoms with Gasteiger partial charge in [-0.15, -0.1) is 0 Å². The van der Waals surface area contributed by atoms with E-state index < -0.39 is 10.0 Å². The van der Waals surface area contributed by atoms with Crippen LogP contribution in [0.25, 0.3) is 0 Å². The molecule has 6 heteroatoms. The summed E-state index contributed by atoms with van der Waals surface area (Å²) >= 11 is 0. The molecule has 3 aromatic carbocycles. The second-order valence-corrected chi connectivity index (χ2v) is 10.6. The van der Waals surface area contributed by atoms with Gasteiger partial charge >= 0.3 is 0 Å². The van der Waals surface area contributed by atoms with Crippen molar-refractivity contribution in [2.24, 2.45) is 5.92 Å². The van der Waals surface area contributed by atoms with Crippen molar-refractivity contribution in [3.63, 3.8) is 0 Å². The molecule has 0 bridgehead atoms. The minimum atomic E-state index is -3.70. The van der Waals surface area contributed by atoms with Crippen LogP contribution in [-0.4, -0.2) is 15.5 Å². The Bertz CT molecular complexity index is 1350. The van der Waals surface area contributed by atoms with Crippen molar-refractivity contribution in [1.29, 1.82) is 0 Å². The summed E-state index contributed by atoms with van der Waals surface area (Å²) in [7, 11) is -2.03. The maximum atomic E-state index is 13.2. The van der Waals surface area contributed by atoms with E-state index in [0.29, 0.717) is 11.6 Å². The van der Waals surface area contributed by atoms with Crippen LogP contribution in [0.2, 0.25) is 0 Å². The highest BCUT2D eigenvalue weighted by Gasteiger charge is 2.38. The van der Waals surface area contributed by atoms with Gasteiger partial charge in [-0.25, -0.2) is 8.42 Å². The van der Waals surface area contributed by atoms with Gasteiger partial charge in [0.05, 0.1) is 23.7 Å². The molecule has 2 aliphatic rings. The number of rotatable bonds is 5. The number of hydrogen-bond acceptors (Lipinski definition) is 4. The molecule has 5 rings (SSSR count). The zero-order chi connectivity index (χ0) is 23.2. The number of anilines is 2. The minimum absolute atomic E-state index is 0.128. The molecule has 2 N–H and O–H groups in total. The first-order chi connectivity index (χ1) is 15.9. The highest BCUT2D eigenvalue weighted by molar-refractivity contribution is 7.92. The molecule has 1 aliphatic carbocycles. The quantitative estimate of drug-likeness (QED) is 0.463. The van der Waals surface area contributed by atoms with E-state index in [9.17, 15) is 8.42 Å². The van der Waals surface area contributed by atoms with Crippen LogP contribution in [0.1, 0.15) is 40.6 Å². The van der Waals surface area contributed by atoms with Gasteiger partial charge in [0.25, 0.3) is 10.0 Å². The molecule has 2 unspecified atom stereocenters. The lowest BCUT2D eigenvalue weighted by molar-refractivity contribution is 0.406. The number of ether oxygens (including phenoxy) is 1. The first-order valence-electron chi connectivity index (χ1n) is 11.2. The smallest absolute Gasteiger partial charge is 0.261 e. The van der Waals surface area contributed by atoms with Crippen LogP contribution in [0.3, 0.4) is 0 Å². The number of methoxy groups -OCH3 is 1. The summed E-state index contributed by atoms with van der Waals surface area (Å²) in [6.45, 7) is 3.90. The third-order valence-corrected chi connectivity index (χ3v) is 8.09. The van der Waals surface area contributed by atoms with Gasteiger partial charge in [0.2, 0.25) is 0 Å². The number of fused-ring (bicyclic) bond motifs is 3. The summed E-state index contributed by atoms with van der Waals surface area (Å²) < 4.78 is 34.6. The maximum absolute atomic E-state index is 13.2. The number of benzene rings is 3. The molecule has 1 heterocycles. The average molecular weight is 461 g/mol. The van der Waals surface area contributed by atoms with Gasteiger partial charge in [-0.05, 0) is 79.3 Å². The van der Waals surface area contributed by atoms with E-state index in [2.05, 4.69) is 34.3 Å². The Labute approximate surface area is 195 Å². The molecule has 3 aromatic rings. The highest BCUT2D eigenvalue weighted by Crippen LogP contribution is 2.50. The standard InChI is InChI=1S/C27H28N2O3S/c1-17-10-12-25(18(2)14-17)29-33(30,31)21-11-13-26-24(16-21)22-8-5-9-23(22)27(28-26)19-6-4-7-20(15-19)32-3/h4-8,10-16,22-23,27-29H,9H2,1-3H3/t22?,23?,27-/m1/s1. The van der Waals surface area contributed by atoms with Gasteiger partial charge in [0.15, 0.2) is 0 Å². The fourth-order valence-electron chi connectivity index (χ4n) is 5.04. The molecular formula is C27H28N2O3S. The lowest BCUT2D eigenvalue weighted by Crippen LogP contribution is -2.29. The van der Waals surface area contributed by atoms with Gasteiger partial charge in [0, 0.05) is 11.6 Å². The average Bonchev–Trinajstić information content (AvgIpc) is 3.30. The predicted molar refractivity (Wildman–Crippen MR) is 133 cm³/mol. The number of aryl methyl sites for hydroxylation is 2. The third-order valence-electron chi connectivity index (χ3n) is 6.72. The molecule has 0 radical (unpaired) electrons. The first kappa shape index (κ1) is 21.6. The Morgan fingerprint density at radius 2 is 1.88 bits per heavy atom. The Balaban J connectivity index is 1.49. The van der Waals surface area contributed by atoms with E-state index in [0.717, 1.165) is 34.5 Å². The lowest BCUT2D eigenvalue weighted by atomic mass is 9.77. The lowest BCUT2D eigenvalue weighted by Gasteiger charge is -2.37. The fourth-order valence-corrected chi connectivity index (χ4v) is 6.20. The van der Waals surface area contributed by atoms with Gasteiger partial charge < -0.3 is 10.1 Å². The van der Waals surface area contributed by atoms with Crippen molar-refractivity contribution in [3.05, 3.63) is 95.1 Å². The van der Waals surface area contributed by atoms with Crippen LogP contribution in [0, 0.1) is 19.8 Å². The normalized spacial score (nSPS) is 21.1. The first-order valence-corrected chi connectivity index (χ1v) is 12.7. The number of hydrogen-bond donors (Lipinski definition) is 2. The van der Waals surface area contributed by atoms with Crippen molar-refractivity contribution < 1.29 is 13.2 Å². The number of nitrogens with one attached hydrogen (secondary N) is 2. The zero-order valence-electron chi connectivity index (χ0n) is 19.0. The Morgan fingerprint density at radius 1 is 1.03 bits per heavy atom. The fraction of sp³-hybridized carbons (Fsp3) is 0.259. The Hall–Kier alpha value is -3.25. The molecule has 0 fully saturated rings. The van der Waals surface area contributed by atoms with Crippen molar-refractivity contribution in [2.45, 2.75) is 37.1 Å². The van der Waals surface area contributed by atoms with Crippen LogP contribution in [0.4, 0.5) is 11.4 Å². The molecule has 33 heavy (non-hydrogen) atoms. The molecule has 0 saturated heterocycles. The van der Waals surface area contributed by atoms with E-state index in [-0.39, 0.29) is 16.9 Å². The zero-order valence-corrected chi connectivity index (χ0v) is 19.8. The summed E-state index contributed by atoms with van der Waals surface area (Å²) in [6, 6.07) is 19.4. The second kappa shape index (κ2) is 8.27. The summed E-state index contributed by atoms with van der Waals surface area (Å²) in [5.74, 6) is 1.31. The molecular weight excluding hydrogens is 432 g/mol. The highest BCUT2D eigenvalue weighted by atomic mass is 32.2. The largest absolute Gasteiger partial charge is 0.497 e. The summed E-state index contributed by atoms with van der Waals surface area (Å²) in [4.78, 5) is 0.280. The van der Waals surface area contributed by atoms with Crippen molar-refractivity contribution in [3.8, 4) is 5.75 Å². The van der Waals surface area contributed by atoms with Crippen LogP contribution in [0.15, 0.2) is 77.7 Å². The Morgan fingerprint density at radius 3 is 2.67 bits per heavy atom. The van der Waals surface area contributed by atoms with E-state index in [1.54, 1.807) is 13.2 Å². The summed E-state index contributed by atoms with van der Waals surface area (Å²) in [5, 5.41) is 3.67. The van der Waals surface area contributed by atoms with Gasteiger partial charge in [-0.3, -0.25) is 4.72 Å². The van der Waals surface area contributed by atoms with Crippen molar-refractivity contribution in [2.75, 3.05) is 17.1 Å². The van der Waals surface area contributed by atoms with Crippen molar-refractivity contribution in [1.82, 2.24) is 0 Å². The predicted octanol–water partition coefficient (Wildman–Crippen LogP) is 5.94. The van der Waals surface area contributed by atoms with Crippen LogP contribution in [0.5, 0.6) is 5.75 Å². The summed E-state index contributed by atoms with van der Waals surface area (Å²) in [5.41, 5.74) is 5.77. The van der Waals surface area contributed by atoms with E-state index in [1.165, 1.54) is 5.56 Å². The molecule has 3 atom stereocenters. The maximum Gasteiger partial charge on any atom is 0.261 e. The third kappa shape index (κ3) is 4.00. The van der Waals surface area contributed by atoms with Gasteiger partial charge in [0.1, 0.15) is 5.75 Å². The van der Waals surface area contributed by atoms with Crippen molar-refractivity contribution >= 4 is 21.4 Å². The SMILES string of the molecule is COc1cccc([C@H]2Nc3ccc(S(=O)(=O)Nc4ccc(C)cc4C)cc3C3C=CCC32)c1. The molecule has 0 saturated carbocycles.